The van der Waals surface area contributed by atoms with Gasteiger partial charge in [0.1, 0.15) is 0 Å². The summed E-state index contributed by atoms with van der Waals surface area (Å²) in [5.41, 5.74) is 2.77. The fraction of sp³-hybridized carbons (Fsp3) is 0.625. The first-order valence-corrected chi connectivity index (χ1v) is 7.20. The standard InChI is InChI=1S/C16H26N2/c1-4-16(14-7-5-13(2)6-8-14)17-15-9-11-18(3)12-10-15/h5-8,15-17H,4,9-12H2,1-3H3. The molecular weight excluding hydrogens is 220 g/mol. The quantitative estimate of drug-likeness (QED) is 0.878. The molecule has 0 bridgehead atoms. The average Bonchev–Trinajstić information content (AvgIpc) is 2.39. The van der Waals surface area contributed by atoms with Crippen LogP contribution in [0.1, 0.15) is 43.4 Å². The monoisotopic (exact) mass is 246 g/mol. The number of piperidine rings is 1. The molecular formula is C16H26N2. The molecule has 1 unspecified atom stereocenters. The molecule has 2 heteroatoms. The van der Waals surface area contributed by atoms with Gasteiger partial charge in [0.15, 0.2) is 0 Å². The smallest absolute Gasteiger partial charge is 0.0320 e. The largest absolute Gasteiger partial charge is 0.307 e. The highest BCUT2D eigenvalue weighted by Crippen LogP contribution is 2.20. The number of likely N-dealkylation sites (tertiary alicyclic amines) is 1. The third kappa shape index (κ3) is 3.56. The van der Waals surface area contributed by atoms with E-state index in [0.717, 1.165) is 6.42 Å². The molecule has 1 aliphatic heterocycles. The molecule has 1 aromatic carbocycles. The van der Waals surface area contributed by atoms with Crippen LogP contribution in [0.4, 0.5) is 0 Å². The minimum Gasteiger partial charge on any atom is -0.307 e. The summed E-state index contributed by atoms with van der Waals surface area (Å²) in [6.45, 7) is 6.87. The predicted molar refractivity (Wildman–Crippen MR) is 77.9 cm³/mol. The summed E-state index contributed by atoms with van der Waals surface area (Å²) in [5.74, 6) is 0. The maximum absolute atomic E-state index is 3.84. The minimum atomic E-state index is 0.513. The zero-order valence-corrected chi connectivity index (χ0v) is 11.9. The van der Waals surface area contributed by atoms with Crippen LogP contribution in [0.15, 0.2) is 24.3 Å². The first-order chi connectivity index (χ1) is 8.69. The SMILES string of the molecule is CCC(NC1CCN(C)CC1)c1ccc(C)cc1. The Kier molecular flexibility index (Phi) is 4.79. The summed E-state index contributed by atoms with van der Waals surface area (Å²) in [6, 6.07) is 10.2. The topological polar surface area (TPSA) is 15.3 Å². The van der Waals surface area contributed by atoms with Gasteiger partial charge >= 0.3 is 0 Å². The number of aryl methyl sites for hydroxylation is 1. The lowest BCUT2D eigenvalue weighted by Gasteiger charge is -2.32. The molecule has 0 aromatic heterocycles. The Labute approximate surface area is 111 Å². The Bertz CT molecular complexity index is 350. The van der Waals surface area contributed by atoms with Gasteiger partial charge in [0.25, 0.3) is 0 Å². The highest BCUT2D eigenvalue weighted by atomic mass is 15.1. The normalized spacial score (nSPS) is 19.9. The summed E-state index contributed by atoms with van der Waals surface area (Å²) in [7, 11) is 2.22. The Hall–Kier alpha value is -0.860. The second-order valence-electron chi connectivity index (χ2n) is 5.62. The van der Waals surface area contributed by atoms with Crippen LogP contribution in [0.2, 0.25) is 0 Å². The van der Waals surface area contributed by atoms with Gasteiger partial charge in [0.2, 0.25) is 0 Å². The molecule has 0 amide bonds. The lowest BCUT2D eigenvalue weighted by molar-refractivity contribution is 0.223. The Morgan fingerprint density at radius 2 is 1.83 bits per heavy atom. The van der Waals surface area contributed by atoms with E-state index in [1.807, 2.05) is 0 Å². The van der Waals surface area contributed by atoms with E-state index in [2.05, 4.69) is 55.4 Å². The summed E-state index contributed by atoms with van der Waals surface area (Å²) in [6.07, 6.45) is 3.72. The number of benzene rings is 1. The highest BCUT2D eigenvalue weighted by molar-refractivity contribution is 5.24. The molecule has 1 atom stereocenters. The molecule has 1 saturated heterocycles. The van der Waals surface area contributed by atoms with Crippen molar-refractivity contribution in [2.45, 2.75) is 45.2 Å². The zero-order valence-electron chi connectivity index (χ0n) is 11.9. The van der Waals surface area contributed by atoms with Crippen molar-refractivity contribution in [3.8, 4) is 0 Å². The molecule has 0 aliphatic carbocycles. The molecule has 18 heavy (non-hydrogen) atoms. The molecule has 1 N–H and O–H groups in total. The summed E-state index contributed by atoms with van der Waals surface area (Å²) >= 11 is 0. The van der Waals surface area contributed by atoms with Crippen LogP contribution in [-0.2, 0) is 0 Å². The van der Waals surface area contributed by atoms with Crippen molar-refractivity contribution in [3.63, 3.8) is 0 Å². The predicted octanol–water partition coefficient (Wildman–Crippen LogP) is 3.13. The molecule has 0 saturated carbocycles. The molecule has 2 rings (SSSR count). The molecule has 2 nitrogen and oxygen atoms in total. The van der Waals surface area contributed by atoms with Crippen molar-refractivity contribution in [1.82, 2.24) is 10.2 Å². The lowest BCUT2D eigenvalue weighted by atomic mass is 9.99. The van der Waals surface area contributed by atoms with Crippen LogP contribution in [0, 0.1) is 6.92 Å². The van der Waals surface area contributed by atoms with Crippen LogP contribution >= 0.6 is 0 Å². The van der Waals surface area contributed by atoms with E-state index in [1.165, 1.54) is 37.1 Å². The number of hydrogen-bond donors (Lipinski definition) is 1. The Morgan fingerprint density at radius 1 is 1.22 bits per heavy atom. The number of rotatable bonds is 4. The third-order valence-corrected chi connectivity index (χ3v) is 4.04. The van der Waals surface area contributed by atoms with E-state index in [-0.39, 0.29) is 0 Å². The molecule has 1 fully saturated rings. The number of hydrogen-bond acceptors (Lipinski definition) is 2. The van der Waals surface area contributed by atoms with Crippen molar-refractivity contribution in [2.75, 3.05) is 20.1 Å². The minimum absolute atomic E-state index is 0.513. The van der Waals surface area contributed by atoms with E-state index in [1.54, 1.807) is 0 Å². The van der Waals surface area contributed by atoms with Gasteiger partial charge in [-0.05, 0) is 51.9 Å². The van der Waals surface area contributed by atoms with Gasteiger partial charge in [0, 0.05) is 12.1 Å². The highest BCUT2D eigenvalue weighted by Gasteiger charge is 2.19. The van der Waals surface area contributed by atoms with Gasteiger partial charge in [0.05, 0.1) is 0 Å². The summed E-state index contributed by atoms with van der Waals surface area (Å²) in [4.78, 5) is 2.42. The van der Waals surface area contributed by atoms with Crippen LogP contribution in [0.3, 0.4) is 0 Å². The van der Waals surface area contributed by atoms with Gasteiger partial charge in [-0.3, -0.25) is 0 Å². The molecule has 0 radical (unpaired) electrons. The maximum atomic E-state index is 3.84. The van der Waals surface area contributed by atoms with Crippen molar-refractivity contribution in [1.29, 1.82) is 0 Å². The van der Waals surface area contributed by atoms with E-state index in [9.17, 15) is 0 Å². The van der Waals surface area contributed by atoms with E-state index in [4.69, 9.17) is 0 Å². The molecule has 1 aliphatic rings. The van der Waals surface area contributed by atoms with Crippen molar-refractivity contribution < 1.29 is 0 Å². The molecule has 100 valence electrons. The Balaban J connectivity index is 1.94. The van der Waals surface area contributed by atoms with Crippen LogP contribution in [0.5, 0.6) is 0 Å². The Morgan fingerprint density at radius 3 is 2.39 bits per heavy atom. The average molecular weight is 246 g/mol. The van der Waals surface area contributed by atoms with E-state index >= 15 is 0 Å². The second kappa shape index (κ2) is 6.35. The molecule has 0 spiro atoms. The fourth-order valence-corrected chi connectivity index (χ4v) is 2.71. The van der Waals surface area contributed by atoms with Gasteiger partial charge in [-0.25, -0.2) is 0 Å². The second-order valence-corrected chi connectivity index (χ2v) is 5.62. The van der Waals surface area contributed by atoms with E-state index in [0.29, 0.717) is 12.1 Å². The van der Waals surface area contributed by atoms with Crippen LogP contribution in [0.25, 0.3) is 0 Å². The van der Waals surface area contributed by atoms with Gasteiger partial charge in [-0.15, -0.1) is 0 Å². The third-order valence-electron chi connectivity index (χ3n) is 4.04. The van der Waals surface area contributed by atoms with Gasteiger partial charge in [-0.1, -0.05) is 36.8 Å². The first kappa shape index (κ1) is 13.6. The zero-order chi connectivity index (χ0) is 13.0. The van der Waals surface area contributed by atoms with E-state index < -0.39 is 0 Å². The fourth-order valence-electron chi connectivity index (χ4n) is 2.71. The van der Waals surface area contributed by atoms with Crippen LogP contribution in [-0.4, -0.2) is 31.1 Å². The van der Waals surface area contributed by atoms with Gasteiger partial charge < -0.3 is 10.2 Å². The maximum Gasteiger partial charge on any atom is 0.0320 e. The van der Waals surface area contributed by atoms with Gasteiger partial charge in [-0.2, -0.15) is 0 Å². The number of nitrogens with zero attached hydrogens (tertiary/aromatic N) is 1. The first-order valence-electron chi connectivity index (χ1n) is 7.20. The molecule has 1 aromatic rings. The summed E-state index contributed by atoms with van der Waals surface area (Å²) in [5, 5.41) is 3.84. The lowest BCUT2D eigenvalue weighted by Crippen LogP contribution is -2.42. The van der Waals surface area contributed by atoms with Crippen molar-refractivity contribution in [3.05, 3.63) is 35.4 Å². The van der Waals surface area contributed by atoms with Crippen molar-refractivity contribution in [2.24, 2.45) is 0 Å². The van der Waals surface area contributed by atoms with Crippen molar-refractivity contribution >= 4 is 0 Å². The molecule has 1 heterocycles. The van der Waals surface area contributed by atoms with Crippen LogP contribution < -0.4 is 5.32 Å². The number of nitrogens with one attached hydrogen (secondary N) is 1. The summed E-state index contributed by atoms with van der Waals surface area (Å²) < 4.78 is 0.